The van der Waals surface area contributed by atoms with Gasteiger partial charge in [-0.25, -0.2) is 0 Å². The molecule has 1 heteroatoms. The predicted octanol–water partition coefficient (Wildman–Crippen LogP) is 6.94. The number of hydrogen-bond donors (Lipinski definition) is 0. The molecule has 1 nitrogen and oxygen atoms in total. The second-order valence-electron chi connectivity index (χ2n) is 8.96. The molecule has 0 saturated heterocycles. The maximum Gasteiger partial charge on any atom is 0.110 e. The highest BCUT2D eigenvalue weighted by atomic mass is 15.1. The van der Waals surface area contributed by atoms with Crippen LogP contribution in [0.4, 0.5) is 0 Å². The molecule has 4 aromatic rings. The number of nitrogens with zero attached hydrogens (tertiary/aromatic N) is 1. The third-order valence-corrected chi connectivity index (χ3v) is 7.66. The second kappa shape index (κ2) is 6.90. The SMILES string of the molecule is C[C@]12c3ccccc3C=N[C@@]1(c1ccccc1)[C@@]2(/C=C/c1ccccc1)c1ccccc1. The fourth-order valence-electron chi connectivity index (χ4n) is 6.23. The first-order chi connectivity index (χ1) is 15.7. The largest absolute Gasteiger partial charge is 0.279 e. The van der Waals surface area contributed by atoms with E-state index >= 15 is 0 Å². The van der Waals surface area contributed by atoms with E-state index in [1.54, 1.807) is 0 Å². The summed E-state index contributed by atoms with van der Waals surface area (Å²) in [4.78, 5) is 5.38. The van der Waals surface area contributed by atoms with Crippen LogP contribution >= 0.6 is 0 Å². The predicted molar refractivity (Wildman–Crippen MR) is 133 cm³/mol. The molecule has 2 aliphatic rings. The van der Waals surface area contributed by atoms with Crippen LogP contribution in [0, 0.1) is 0 Å². The zero-order chi connectivity index (χ0) is 21.7. The average molecular weight is 412 g/mol. The molecular formula is C31H25N. The van der Waals surface area contributed by atoms with Crippen molar-refractivity contribution in [2.24, 2.45) is 4.99 Å². The standard InChI is InChI=1S/C31H25N/c1-29-28-20-12-11-15-25(28)23-32-31(29,27-18-9-4-10-19-27)30(29,26-16-7-3-8-17-26)22-21-24-13-5-2-6-14-24/h2-23H,1H3/b22-21+/t29-,30+,31-/m1/s1. The van der Waals surface area contributed by atoms with Crippen molar-refractivity contribution >= 4 is 12.3 Å². The summed E-state index contributed by atoms with van der Waals surface area (Å²) in [7, 11) is 0. The summed E-state index contributed by atoms with van der Waals surface area (Å²) in [6.45, 7) is 2.40. The van der Waals surface area contributed by atoms with E-state index in [1.807, 2.05) is 0 Å². The maximum absolute atomic E-state index is 5.38. The molecule has 0 N–H and O–H groups in total. The summed E-state index contributed by atoms with van der Waals surface area (Å²) in [5, 5.41) is 0. The summed E-state index contributed by atoms with van der Waals surface area (Å²) >= 11 is 0. The van der Waals surface area contributed by atoms with Crippen molar-refractivity contribution in [1.82, 2.24) is 0 Å². The number of hydrogen-bond acceptors (Lipinski definition) is 1. The Morgan fingerprint density at radius 1 is 0.625 bits per heavy atom. The minimum absolute atomic E-state index is 0.209. The van der Waals surface area contributed by atoms with E-state index in [4.69, 9.17) is 4.99 Å². The van der Waals surface area contributed by atoms with Gasteiger partial charge in [-0.3, -0.25) is 4.99 Å². The van der Waals surface area contributed by atoms with Gasteiger partial charge in [0.1, 0.15) is 5.54 Å². The Hall–Kier alpha value is -3.71. The van der Waals surface area contributed by atoms with Gasteiger partial charge in [0.05, 0.1) is 5.41 Å². The Kier molecular flexibility index (Phi) is 4.10. The molecule has 1 aliphatic heterocycles. The van der Waals surface area contributed by atoms with Gasteiger partial charge < -0.3 is 0 Å². The van der Waals surface area contributed by atoms with Crippen molar-refractivity contribution < 1.29 is 0 Å². The molecule has 1 heterocycles. The van der Waals surface area contributed by atoms with Crippen LogP contribution in [0.15, 0.2) is 126 Å². The van der Waals surface area contributed by atoms with Crippen LogP contribution in [0.25, 0.3) is 6.08 Å². The van der Waals surface area contributed by atoms with Gasteiger partial charge in [-0.2, -0.15) is 0 Å². The molecule has 0 aromatic heterocycles. The van der Waals surface area contributed by atoms with E-state index in [-0.39, 0.29) is 10.8 Å². The second-order valence-corrected chi connectivity index (χ2v) is 8.96. The van der Waals surface area contributed by atoms with Gasteiger partial charge >= 0.3 is 0 Å². The zero-order valence-corrected chi connectivity index (χ0v) is 18.1. The molecule has 1 saturated carbocycles. The van der Waals surface area contributed by atoms with Crippen molar-refractivity contribution in [3.05, 3.63) is 149 Å². The normalized spacial score (nSPS) is 27.7. The Labute approximate surface area is 189 Å². The third kappa shape index (κ3) is 2.26. The smallest absolute Gasteiger partial charge is 0.110 e. The monoisotopic (exact) mass is 411 g/mol. The van der Waals surface area contributed by atoms with E-state index in [2.05, 4.69) is 141 Å². The molecule has 0 unspecified atom stereocenters. The lowest BCUT2D eigenvalue weighted by molar-refractivity contribution is 0.588. The number of rotatable bonds is 4. The molecule has 0 bridgehead atoms. The van der Waals surface area contributed by atoms with Crippen LogP contribution in [0.1, 0.15) is 34.7 Å². The van der Waals surface area contributed by atoms with Crippen LogP contribution in [-0.2, 0) is 16.4 Å². The minimum atomic E-state index is -0.401. The minimum Gasteiger partial charge on any atom is -0.279 e. The highest BCUT2D eigenvalue weighted by Crippen LogP contribution is 2.81. The van der Waals surface area contributed by atoms with E-state index in [0.717, 1.165) is 0 Å². The molecule has 1 aliphatic carbocycles. The molecule has 32 heavy (non-hydrogen) atoms. The van der Waals surface area contributed by atoms with E-state index < -0.39 is 5.54 Å². The first-order valence-electron chi connectivity index (χ1n) is 11.2. The number of benzene rings is 4. The maximum atomic E-state index is 5.38. The molecule has 6 rings (SSSR count). The van der Waals surface area contributed by atoms with E-state index in [0.29, 0.717) is 0 Å². The first kappa shape index (κ1) is 19.0. The first-order valence-corrected chi connectivity index (χ1v) is 11.2. The van der Waals surface area contributed by atoms with E-state index in [1.165, 1.54) is 27.8 Å². The fraction of sp³-hybridized carbons (Fsp3) is 0.129. The van der Waals surface area contributed by atoms with Crippen molar-refractivity contribution in [1.29, 1.82) is 0 Å². The molecule has 0 radical (unpaired) electrons. The van der Waals surface area contributed by atoms with Crippen molar-refractivity contribution in [3.63, 3.8) is 0 Å². The van der Waals surface area contributed by atoms with Crippen LogP contribution in [0.2, 0.25) is 0 Å². The average Bonchev–Trinajstić information content (AvgIpc) is 3.39. The van der Waals surface area contributed by atoms with Gasteiger partial charge in [-0.05, 0) is 27.8 Å². The lowest BCUT2D eigenvalue weighted by atomic mass is 9.80. The lowest BCUT2D eigenvalue weighted by Crippen LogP contribution is -2.23. The summed E-state index contributed by atoms with van der Waals surface area (Å²) in [5.74, 6) is 0. The summed E-state index contributed by atoms with van der Waals surface area (Å²) < 4.78 is 0. The van der Waals surface area contributed by atoms with Crippen molar-refractivity contribution in [2.45, 2.75) is 23.3 Å². The molecule has 1 fully saturated rings. The van der Waals surface area contributed by atoms with Gasteiger partial charge in [-0.1, -0.05) is 134 Å². The van der Waals surface area contributed by atoms with Gasteiger partial charge in [-0.15, -0.1) is 0 Å². The van der Waals surface area contributed by atoms with Crippen molar-refractivity contribution in [2.75, 3.05) is 0 Å². The van der Waals surface area contributed by atoms with Crippen LogP contribution in [0.3, 0.4) is 0 Å². The summed E-state index contributed by atoms with van der Waals surface area (Å²) in [5.41, 5.74) is 5.42. The molecule has 4 aromatic carbocycles. The van der Waals surface area contributed by atoms with Gasteiger partial charge in [0.25, 0.3) is 0 Å². The Bertz CT molecular complexity index is 1320. The summed E-state index contributed by atoms with van der Waals surface area (Å²) in [6, 6.07) is 41.1. The van der Waals surface area contributed by atoms with E-state index in [9.17, 15) is 0 Å². The zero-order valence-electron chi connectivity index (χ0n) is 18.1. The van der Waals surface area contributed by atoms with Gasteiger partial charge in [0.2, 0.25) is 0 Å². The van der Waals surface area contributed by atoms with Gasteiger partial charge in [0.15, 0.2) is 0 Å². The Morgan fingerprint density at radius 3 is 1.88 bits per heavy atom. The van der Waals surface area contributed by atoms with Crippen LogP contribution in [-0.4, -0.2) is 6.21 Å². The third-order valence-electron chi connectivity index (χ3n) is 7.66. The highest BCUT2D eigenvalue weighted by Gasteiger charge is 2.86. The fourth-order valence-corrected chi connectivity index (χ4v) is 6.23. The van der Waals surface area contributed by atoms with Crippen LogP contribution in [0.5, 0.6) is 0 Å². The number of aliphatic imine (C=N–C) groups is 1. The lowest BCUT2D eigenvalue weighted by Gasteiger charge is -2.25. The summed E-state index contributed by atoms with van der Waals surface area (Å²) in [6.07, 6.45) is 6.79. The molecule has 0 amide bonds. The highest BCUT2D eigenvalue weighted by molar-refractivity contribution is 5.90. The molecule has 0 spiro atoms. The molecule has 154 valence electrons. The molecular weight excluding hydrogens is 386 g/mol. The quantitative estimate of drug-likeness (QED) is 0.345. The molecule has 3 atom stereocenters. The van der Waals surface area contributed by atoms with Crippen molar-refractivity contribution in [3.8, 4) is 0 Å². The Morgan fingerprint density at radius 2 is 1.19 bits per heavy atom. The number of fused-ring (bicyclic) bond motifs is 3. The van der Waals surface area contributed by atoms with Crippen LogP contribution < -0.4 is 0 Å². The Balaban J connectivity index is 1.68. The van der Waals surface area contributed by atoms with Gasteiger partial charge in [0, 0.05) is 11.6 Å². The topological polar surface area (TPSA) is 12.4 Å².